The highest BCUT2D eigenvalue weighted by Gasteiger charge is 2.27. The minimum Gasteiger partial charge on any atom is -0.497 e. The number of hydrogen-bond donors (Lipinski definition) is 1. The fourth-order valence-electron chi connectivity index (χ4n) is 2.71. The van der Waals surface area contributed by atoms with Crippen LogP contribution in [0.3, 0.4) is 0 Å². The van der Waals surface area contributed by atoms with E-state index in [1.165, 1.54) is 16.7 Å². The van der Waals surface area contributed by atoms with Crippen molar-refractivity contribution in [2.24, 2.45) is 5.92 Å². The predicted molar refractivity (Wildman–Crippen MR) is 98.3 cm³/mol. The third kappa shape index (κ3) is 5.66. The van der Waals surface area contributed by atoms with Crippen LogP contribution < -0.4 is 4.74 Å². The maximum atomic E-state index is 12.3. The zero-order valence-corrected chi connectivity index (χ0v) is 15.8. The maximum absolute atomic E-state index is 12.3. The van der Waals surface area contributed by atoms with Crippen molar-refractivity contribution in [3.8, 4) is 5.75 Å². The molecule has 0 unspecified atom stereocenters. The summed E-state index contributed by atoms with van der Waals surface area (Å²) in [6.07, 6.45) is 0.925. The number of amides is 2. The van der Waals surface area contributed by atoms with Crippen LogP contribution in [0.5, 0.6) is 5.75 Å². The predicted octanol–water partition coefficient (Wildman–Crippen LogP) is 1.57. The molecule has 0 aliphatic carbocycles. The zero-order chi connectivity index (χ0) is 19.1. The lowest BCUT2D eigenvalue weighted by Crippen LogP contribution is -2.45. The first-order valence-corrected chi connectivity index (χ1v) is 9.40. The van der Waals surface area contributed by atoms with Crippen molar-refractivity contribution in [2.45, 2.75) is 17.7 Å². The van der Waals surface area contributed by atoms with Gasteiger partial charge in [0.2, 0.25) is 11.8 Å². The SMILES string of the molecule is COc1cccc(SCC(=O)N(C)CC(=O)N2CCC(C(=O)O)CC2)c1. The van der Waals surface area contributed by atoms with E-state index in [0.29, 0.717) is 25.9 Å². The van der Waals surface area contributed by atoms with Gasteiger partial charge in [-0.25, -0.2) is 0 Å². The molecule has 26 heavy (non-hydrogen) atoms. The summed E-state index contributed by atoms with van der Waals surface area (Å²) in [5.74, 6) is -0.493. The van der Waals surface area contributed by atoms with E-state index in [-0.39, 0.29) is 30.0 Å². The molecular weight excluding hydrogens is 356 g/mol. The summed E-state index contributed by atoms with van der Waals surface area (Å²) in [6.45, 7) is 0.863. The summed E-state index contributed by atoms with van der Waals surface area (Å²) < 4.78 is 5.16. The molecular formula is C18H24N2O5S. The molecule has 1 heterocycles. The number of likely N-dealkylation sites (N-methyl/N-ethyl adjacent to an activating group) is 1. The van der Waals surface area contributed by atoms with Gasteiger partial charge in [-0.3, -0.25) is 14.4 Å². The first-order chi connectivity index (χ1) is 12.4. The van der Waals surface area contributed by atoms with Gasteiger partial charge in [0, 0.05) is 25.0 Å². The van der Waals surface area contributed by atoms with E-state index in [1.807, 2.05) is 24.3 Å². The number of benzene rings is 1. The number of nitrogens with zero attached hydrogens (tertiary/aromatic N) is 2. The van der Waals surface area contributed by atoms with Crippen molar-refractivity contribution in [2.75, 3.05) is 39.5 Å². The molecule has 0 spiro atoms. The quantitative estimate of drug-likeness (QED) is 0.723. The van der Waals surface area contributed by atoms with E-state index in [9.17, 15) is 14.4 Å². The number of hydrogen-bond acceptors (Lipinski definition) is 5. The molecule has 0 radical (unpaired) electrons. The van der Waals surface area contributed by atoms with Crippen molar-refractivity contribution < 1.29 is 24.2 Å². The Morgan fingerprint density at radius 1 is 1.31 bits per heavy atom. The normalized spacial score (nSPS) is 14.8. The van der Waals surface area contributed by atoms with Crippen molar-refractivity contribution >= 4 is 29.5 Å². The number of thioether (sulfide) groups is 1. The van der Waals surface area contributed by atoms with Gasteiger partial charge < -0.3 is 19.6 Å². The van der Waals surface area contributed by atoms with Crippen LogP contribution in [-0.4, -0.2) is 72.2 Å². The smallest absolute Gasteiger partial charge is 0.306 e. The second-order valence-electron chi connectivity index (χ2n) is 6.21. The molecule has 142 valence electrons. The van der Waals surface area contributed by atoms with E-state index in [0.717, 1.165) is 10.6 Å². The minimum atomic E-state index is -0.807. The molecule has 0 aromatic heterocycles. The molecule has 2 rings (SSSR count). The lowest BCUT2D eigenvalue weighted by atomic mass is 9.97. The highest BCUT2D eigenvalue weighted by molar-refractivity contribution is 8.00. The van der Waals surface area contributed by atoms with Crippen molar-refractivity contribution in [1.82, 2.24) is 9.80 Å². The number of carbonyl (C=O) groups is 3. The number of ether oxygens (including phenoxy) is 1. The Kier molecular flexibility index (Phi) is 7.32. The highest BCUT2D eigenvalue weighted by atomic mass is 32.2. The van der Waals surface area contributed by atoms with Crippen LogP contribution in [0.2, 0.25) is 0 Å². The number of methoxy groups -OCH3 is 1. The standard InChI is InChI=1S/C18H24N2O5S/c1-19(11-16(21)20-8-6-13(7-9-20)18(23)24)17(22)12-26-15-5-3-4-14(10-15)25-2/h3-5,10,13H,6-9,11-12H2,1-2H3,(H,23,24). The fraction of sp³-hybridized carbons (Fsp3) is 0.500. The average molecular weight is 380 g/mol. The second kappa shape index (κ2) is 9.47. The van der Waals surface area contributed by atoms with Crippen LogP contribution in [-0.2, 0) is 14.4 Å². The Bertz CT molecular complexity index is 659. The van der Waals surface area contributed by atoms with E-state index in [4.69, 9.17) is 9.84 Å². The Morgan fingerprint density at radius 2 is 2.00 bits per heavy atom. The number of likely N-dealkylation sites (tertiary alicyclic amines) is 1. The fourth-order valence-corrected chi connectivity index (χ4v) is 3.60. The molecule has 1 N–H and O–H groups in total. The van der Waals surface area contributed by atoms with E-state index in [1.54, 1.807) is 19.1 Å². The molecule has 1 aliphatic heterocycles. The van der Waals surface area contributed by atoms with Gasteiger partial charge in [-0.2, -0.15) is 0 Å². The van der Waals surface area contributed by atoms with Crippen molar-refractivity contribution in [3.05, 3.63) is 24.3 Å². The minimum absolute atomic E-state index is 0.00917. The average Bonchev–Trinajstić information content (AvgIpc) is 2.66. The van der Waals surface area contributed by atoms with Gasteiger partial charge in [0.05, 0.1) is 25.3 Å². The number of rotatable bonds is 7. The van der Waals surface area contributed by atoms with E-state index >= 15 is 0 Å². The van der Waals surface area contributed by atoms with E-state index in [2.05, 4.69) is 0 Å². The third-order valence-electron chi connectivity index (χ3n) is 4.40. The van der Waals surface area contributed by atoms with Gasteiger partial charge >= 0.3 is 5.97 Å². The molecule has 1 fully saturated rings. The molecule has 2 amide bonds. The number of piperidine rings is 1. The molecule has 7 nitrogen and oxygen atoms in total. The monoisotopic (exact) mass is 380 g/mol. The Balaban J connectivity index is 1.77. The largest absolute Gasteiger partial charge is 0.497 e. The molecule has 1 aromatic rings. The molecule has 1 saturated heterocycles. The van der Waals surface area contributed by atoms with Crippen LogP contribution in [0, 0.1) is 5.92 Å². The summed E-state index contributed by atoms with van der Waals surface area (Å²) in [7, 11) is 3.20. The molecule has 0 saturated carbocycles. The first kappa shape index (κ1) is 20.1. The van der Waals surface area contributed by atoms with Crippen LogP contribution in [0.1, 0.15) is 12.8 Å². The summed E-state index contributed by atoms with van der Waals surface area (Å²) in [4.78, 5) is 39.5. The number of carboxylic acids is 1. The Labute approximate surface area is 157 Å². The topological polar surface area (TPSA) is 87.2 Å². The summed E-state index contributed by atoms with van der Waals surface area (Å²) in [5.41, 5.74) is 0. The van der Waals surface area contributed by atoms with Crippen LogP contribution in [0.25, 0.3) is 0 Å². The number of carboxylic acid groups (broad SMARTS) is 1. The Morgan fingerprint density at radius 3 is 2.62 bits per heavy atom. The van der Waals surface area contributed by atoms with Gasteiger partial charge in [-0.05, 0) is 31.0 Å². The van der Waals surface area contributed by atoms with Gasteiger partial charge in [0.15, 0.2) is 0 Å². The van der Waals surface area contributed by atoms with Gasteiger partial charge in [0.25, 0.3) is 0 Å². The first-order valence-electron chi connectivity index (χ1n) is 8.42. The maximum Gasteiger partial charge on any atom is 0.306 e. The molecule has 0 atom stereocenters. The Hall–Kier alpha value is -2.22. The highest BCUT2D eigenvalue weighted by Crippen LogP contribution is 2.23. The zero-order valence-electron chi connectivity index (χ0n) is 15.0. The van der Waals surface area contributed by atoms with Gasteiger partial charge in [0.1, 0.15) is 5.75 Å². The summed E-state index contributed by atoms with van der Waals surface area (Å²) in [5, 5.41) is 9.00. The van der Waals surface area contributed by atoms with Gasteiger partial charge in [-0.1, -0.05) is 6.07 Å². The van der Waals surface area contributed by atoms with Crippen molar-refractivity contribution in [3.63, 3.8) is 0 Å². The van der Waals surface area contributed by atoms with Crippen LogP contribution in [0.4, 0.5) is 0 Å². The summed E-state index contributed by atoms with van der Waals surface area (Å²) >= 11 is 1.39. The molecule has 1 aliphatic rings. The molecule has 1 aromatic carbocycles. The number of carbonyl (C=O) groups excluding carboxylic acids is 2. The third-order valence-corrected chi connectivity index (χ3v) is 5.38. The second-order valence-corrected chi connectivity index (χ2v) is 7.26. The lowest BCUT2D eigenvalue weighted by molar-refractivity contribution is -0.146. The van der Waals surface area contributed by atoms with Gasteiger partial charge in [-0.15, -0.1) is 11.8 Å². The number of aliphatic carboxylic acids is 1. The molecule has 0 bridgehead atoms. The van der Waals surface area contributed by atoms with Crippen LogP contribution >= 0.6 is 11.8 Å². The van der Waals surface area contributed by atoms with Crippen LogP contribution in [0.15, 0.2) is 29.2 Å². The molecule has 8 heteroatoms. The van der Waals surface area contributed by atoms with Crippen molar-refractivity contribution in [1.29, 1.82) is 0 Å². The lowest BCUT2D eigenvalue weighted by Gasteiger charge is -2.31. The van der Waals surface area contributed by atoms with E-state index < -0.39 is 5.97 Å². The summed E-state index contributed by atoms with van der Waals surface area (Å²) in [6, 6.07) is 7.46.